The molecule has 10 nitrogen and oxygen atoms in total. The predicted molar refractivity (Wildman–Crippen MR) is 129 cm³/mol. The van der Waals surface area contributed by atoms with Gasteiger partial charge in [0.2, 0.25) is 5.88 Å². The lowest BCUT2D eigenvalue weighted by atomic mass is 10.1. The molecule has 0 unspecified atom stereocenters. The van der Waals surface area contributed by atoms with Crippen LogP contribution in [0.5, 0.6) is 11.6 Å². The normalized spacial score (nSPS) is 17.9. The van der Waals surface area contributed by atoms with Crippen molar-refractivity contribution in [3.63, 3.8) is 0 Å². The maximum atomic E-state index is 14.5. The molecule has 2 atom stereocenters. The molecule has 3 aromatic rings. The quantitative estimate of drug-likeness (QED) is 0.435. The summed E-state index contributed by atoms with van der Waals surface area (Å²) in [5.74, 6) is 0.240. The number of aliphatic hydroxyl groups excluding tert-OH is 1. The summed E-state index contributed by atoms with van der Waals surface area (Å²) >= 11 is 0. The summed E-state index contributed by atoms with van der Waals surface area (Å²) < 4.78 is 30.4. The van der Waals surface area contributed by atoms with Gasteiger partial charge < -0.3 is 30.0 Å². The molecule has 188 valence electrons. The highest BCUT2D eigenvalue weighted by molar-refractivity contribution is 5.97. The number of hydrogen-bond acceptors (Lipinski definition) is 8. The number of amides is 2. The van der Waals surface area contributed by atoms with Gasteiger partial charge in [-0.25, -0.2) is 14.2 Å². The molecule has 1 aromatic heterocycles. The first-order valence-electron chi connectivity index (χ1n) is 11.5. The number of carbonyl (C=O) groups excluding carboxylic acids is 2. The summed E-state index contributed by atoms with van der Waals surface area (Å²) in [4.78, 5) is 29.8. The number of cyclic esters (lactones) is 1. The molecule has 0 aliphatic carbocycles. The van der Waals surface area contributed by atoms with Crippen molar-refractivity contribution < 1.29 is 33.3 Å². The molecule has 2 aliphatic rings. The molecule has 2 aliphatic heterocycles. The standard InChI is InChI=1S/C25H25FN4O6/c1-34-23-7-3-14-2-5-19(26)18(24(14)29-23)11-27-10-16(31)9-17-12-30(25(33)36-17)15-4-6-21-20(8-15)28-22(32)13-35-21/h2-8,16-17,27,31H,9-13H2,1H3,(H,28,32)/t16-,17+/m1/s1. The molecule has 0 bridgehead atoms. The molecule has 1 saturated heterocycles. The van der Waals surface area contributed by atoms with E-state index in [1.807, 2.05) is 6.07 Å². The van der Waals surface area contributed by atoms with Gasteiger partial charge >= 0.3 is 6.09 Å². The number of nitrogens with one attached hydrogen (secondary N) is 2. The number of aromatic nitrogens is 1. The largest absolute Gasteiger partial charge is 0.482 e. The van der Waals surface area contributed by atoms with Crippen LogP contribution in [0.1, 0.15) is 12.0 Å². The van der Waals surface area contributed by atoms with Crippen molar-refractivity contribution in [3.05, 3.63) is 53.8 Å². The number of hydrogen-bond donors (Lipinski definition) is 3. The van der Waals surface area contributed by atoms with Gasteiger partial charge in [-0.15, -0.1) is 0 Å². The Morgan fingerprint density at radius 1 is 1.28 bits per heavy atom. The Bertz CT molecular complexity index is 1320. The van der Waals surface area contributed by atoms with Crippen LogP contribution in [0.15, 0.2) is 42.5 Å². The number of carbonyl (C=O) groups is 2. The minimum atomic E-state index is -0.834. The second-order valence-electron chi connectivity index (χ2n) is 8.61. The maximum absolute atomic E-state index is 14.5. The van der Waals surface area contributed by atoms with Crippen LogP contribution in [0, 0.1) is 5.82 Å². The third-order valence-electron chi connectivity index (χ3n) is 6.09. The molecule has 2 amide bonds. The number of halogens is 1. The van der Waals surface area contributed by atoms with Crippen LogP contribution in [0.2, 0.25) is 0 Å². The van der Waals surface area contributed by atoms with E-state index < -0.39 is 24.1 Å². The van der Waals surface area contributed by atoms with Gasteiger partial charge in [0.15, 0.2) is 6.61 Å². The van der Waals surface area contributed by atoms with E-state index in [4.69, 9.17) is 14.2 Å². The second-order valence-corrected chi connectivity index (χ2v) is 8.61. The molecule has 36 heavy (non-hydrogen) atoms. The van der Waals surface area contributed by atoms with E-state index in [1.165, 1.54) is 18.1 Å². The zero-order valence-corrected chi connectivity index (χ0v) is 19.5. The Labute approximate surface area is 206 Å². The van der Waals surface area contributed by atoms with Gasteiger partial charge in [0.1, 0.15) is 17.7 Å². The number of ether oxygens (including phenoxy) is 3. The van der Waals surface area contributed by atoms with Gasteiger partial charge in [-0.1, -0.05) is 0 Å². The smallest absolute Gasteiger partial charge is 0.414 e. The van der Waals surface area contributed by atoms with Crippen LogP contribution in [0.25, 0.3) is 10.9 Å². The van der Waals surface area contributed by atoms with E-state index >= 15 is 0 Å². The maximum Gasteiger partial charge on any atom is 0.414 e. The molecular formula is C25H25FN4O6. The summed E-state index contributed by atoms with van der Waals surface area (Å²) in [6.07, 6.45) is -1.71. The third-order valence-corrected chi connectivity index (χ3v) is 6.09. The van der Waals surface area contributed by atoms with Crippen molar-refractivity contribution in [2.45, 2.75) is 25.2 Å². The van der Waals surface area contributed by atoms with Gasteiger partial charge in [0.05, 0.1) is 31.0 Å². The van der Waals surface area contributed by atoms with E-state index in [1.54, 1.807) is 30.3 Å². The van der Waals surface area contributed by atoms with Crippen LogP contribution in [0.4, 0.5) is 20.6 Å². The van der Waals surface area contributed by atoms with Crippen molar-refractivity contribution in [2.75, 3.05) is 37.0 Å². The first-order valence-corrected chi connectivity index (χ1v) is 11.5. The summed E-state index contributed by atoms with van der Waals surface area (Å²) in [6.45, 7) is 0.505. The average molecular weight is 496 g/mol. The highest BCUT2D eigenvalue weighted by Crippen LogP contribution is 2.34. The molecule has 1 fully saturated rings. The van der Waals surface area contributed by atoms with E-state index in [2.05, 4.69) is 15.6 Å². The molecule has 0 saturated carbocycles. The van der Waals surface area contributed by atoms with Crippen LogP contribution in [0.3, 0.4) is 0 Å². The summed E-state index contributed by atoms with van der Waals surface area (Å²) in [7, 11) is 1.50. The Hall–Kier alpha value is -3.96. The monoisotopic (exact) mass is 496 g/mol. The number of benzene rings is 2. The van der Waals surface area contributed by atoms with Crippen molar-refractivity contribution in [1.82, 2.24) is 10.3 Å². The number of nitrogens with zero attached hydrogens (tertiary/aromatic N) is 2. The molecule has 3 heterocycles. The number of pyridine rings is 1. The minimum absolute atomic E-state index is 0.0516. The topological polar surface area (TPSA) is 122 Å². The number of aliphatic hydroxyl groups is 1. The summed E-state index contributed by atoms with van der Waals surface area (Å²) in [5, 5.41) is 17.1. The lowest BCUT2D eigenvalue weighted by Gasteiger charge is -2.21. The number of fused-ring (bicyclic) bond motifs is 2. The van der Waals surface area contributed by atoms with E-state index in [9.17, 15) is 19.1 Å². The highest BCUT2D eigenvalue weighted by atomic mass is 19.1. The van der Waals surface area contributed by atoms with Gasteiger partial charge in [-0.3, -0.25) is 9.69 Å². The van der Waals surface area contributed by atoms with Crippen molar-refractivity contribution in [2.24, 2.45) is 0 Å². The van der Waals surface area contributed by atoms with Gasteiger partial charge in [-0.2, -0.15) is 0 Å². The Morgan fingerprint density at radius 3 is 2.94 bits per heavy atom. The Balaban J connectivity index is 1.17. The molecule has 2 aromatic carbocycles. The fraction of sp³-hybridized carbons (Fsp3) is 0.320. The Morgan fingerprint density at radius 2 is 2.11 bits per heavy atom. The van der Waals surface area contributed by atoms with Crippen molar-refractivity contribution in [3.8, 4) is 11.6 Å². The second kappa shape index (κ2) is 9.96. The highest BCUT2D eigenvalue weighted by Gasteiger charge is 2.34. The SMILES string of the molecule is COc1ccc2ccc(F)c(CNC[C@H](O)C[C@H]3CN(c4ccc5c(c4)NC(=O)CO5)C(=O)O3)c2n1. The predicted octanol–water partition coefficient (Wildman–Crippen LogP) is 2.58. The molecule has 3 N–H and O–H groups in total. The van der Waals surface area contributed by atoms with Crippen LogP contribution < -0.4 is 25.0 Å². The third kappa shape index (κ3) is 4.88. The Kier molecular flexibility index (Phi) is 6.57. The lowest BCUT2D eigenvalue weighted by molar-refractivity contribution is -0.118. The van der Waals surface area contributed by atoms with Crippen LogP contribution >= 0.6 is 0 Å². The molecule has 0 spiro atoms. The number of methoxy groups -OCH3 is 1. The molecular weight excluding hydrogens is 471 g/mol. The van der Waals surface area contributed by atoms with Crippen molar-refractivity contribution in [1.29, 1.82) is 0 Å². The van der Waals surface area contributed by atoms with Crippen LogP contribution in [-0.4, -0.2) is 61.1 Å². The van der Waals surface area contributed by atoms with Gasteiger partial charge in [0, 0.05) is 42.2 Å². The zero-order chi connectivity index (χ0) is 25.2. The van der Waals surface area contributed by atoms with E-state index in [0.717, 1.165) is 5.39 Å². The molecule has 11 heteroatoms. The number of anilines is 2. The average Bonchev–Trinajstić information content (AvgIpc) is 3.24. The van der Waals surface area contributed by atoms with Crippen LogP contribution in [-0.2, 0) is 16.1 Å². The zero-order valence-electron chi connectivity index (χ0n) is 19.5. The minimum Gasteiger partial charge on any atom is -0.482 e. The number of rotatable bonds is 8. The van der Waals surface area contributed by atoms with Gasteiger partial charge in [0.25, 0.3) is 5.91 Å². The van der Waals surface area contributed by atoms with Gasteiger partial charge in [-0.05, 0) is 36.4 Å². The van der Waals surface area contributed by atoms with E-state index in [-0.39, 0.29) is 38.6 Å². The fourth-order valence-corrected chi connectivity index (χ4v) is 4.33. The first-order chi connectivity index (χ1) is 17.4. The first kappa shape index (κ1) is 23.8. The van der Waals surface area contributed by atoms with Crippen molar-refractivity contribution >= 4 is 34.3 Å². The summed E-state index contributed by atoms with van der Waals surface area (Å²) in [6, 6.07) is 11.6. The van der Waals surface area contributed by atoms with E-state index in [0.29, 0.717) is 34.1 Å². The fourth-order valence-electron chi connectivity index (χ4n) is 4.33. The summed E-state index contributed by atoms with van der Waals surface area (Å²) in [5.41, 5.74) is 1.90. The lowest BCUT2D eigenvalue weighted by Crippen LogP contribution is -2.32. The molecule has 0 radical (unpaired) electrons. The molecule has 5 rings (SSSR count).